The van der Waals surface area contributed by atoms with Crippen LogP contribution < -0.4 is 0 Å². The van der Waals surface area contributed by atoms with Crippen LogP contribution in [0.2, 0.25) is 0 Å². The van der Waals surface area contributed by atoms with Crippen LogP contribution in [0.4, 0.5) is 0 Å². The van der Waals surface area contributed by atoms with E-state index in [1.54, 1.807) is 12.1 Å². The van der Waals surface area contributed by atoms with Crippen molar-refractivity contribution in [2.45, 2.75) is 60.8 Å². The molecule has 0 bridgehead atoms. The molecule has 1 aromatic carbocycles. The van der Waals surface area contributed by atoms with Crippen LogP contribution in [0.25, 0.3) is 0 Å². The third kappa shape index (κ3) is 42.7. The molecule has 0 saturated carbocycles. The number of unbranched alkanes of at least 4 members (excludes halogenated alkanes) is 1. The summed E-state index contributed by atoms with van der Waals surface area (Å²) >= 11 is 0. The molecule has 134 valence electrons. The smallest absolute Gasteiger partial charge is 0.307 e. The Kier molecular flexibility index (Phi) is 73.0. The number of hydrogen-bond acceptors (Lipinski definition) is 1. The predicted octanol–water partition coefficient (Wildman–Crippen LogP) is 6.27. The molecule has 1 N–H and O–H groups in total. The van der Waals surface area contributed by atoms with Crippen LogP contribution >= 0.6 is 0 Å². The van der Waals surface area contributed by atoms with Crippen molar-refractivity contribution in [1.82, 2.24) is 0 Å². The molecule has 0 aliphatic heterocycles. The first-order chi connectivity index (χ1) is 9.70. The molecule has 1 rings (SSSR count). The molecular weight excluding hydrogens is 444 g/mol. The Morgan fingerprint density at radius 1 is 0.909 bits per heavy atom. The van der Waals surface area contributed by atoms with Gasteiger partial charge < -0.3 is 26.4 Å². The molecule has 0 unspecified atom stereocenters. The van der Waals surface area contributed by atoms with Crippen molar-refractivity contribution in [1.29, 1.82) is 0 Å². The third-order valence-electron chi connectivity index (χ3n) is 1.45. The fourth-order valence-electron chi connectivity index (χ4n) is 0.770. The van der Waals surface area contributed by atoms with E-state index in [4.69, 9.17) is 5.11 Å². The van der Waals surface area contributed by atoms with E-state index in [0.29, 0.717) is 0 Å². The zero-order valence-electron chi connectivity index (χ0n) is 15.7. The number of carboxylic acid groups (broad SMARTS) is 1. The van der Waals surface area contributed by atoms with Crippen molar-refractivity contribution in [3.8, 4) is 0 Å². The van der Waals surface area contributed by atoms with Gasteiger partial charge in [-0.1, -0.05) is 71.9 Å². The summed E-state index contributed by atoms with van der Waals surface area (Å²) in [6.07, 6.45) is 2.03. The first-order valence-electron chi connectivity index (χ1n) is 7.55. The molecule has 0 fully saturated rings. The van der Waals surface area contributed by atoms with Crippen LogP contribution in [0.1, 0.15) is 59.9 Å². The molecule has 0 atom stereocenters. The van der Waals surface area contributed by atoms with Crippen LogP contribution in [-0.2, 0) is 32.3 Å². The van der Waals surface area contributed by atoms with Gasteiger partial charge in [-0.05, 0) is 5.56 Å². The van der Waals surface area contributed by atoms with Gasteiger partial charge in [-0.15, -0.1) is 0 Å². The summed E-state index contributed by atoms with van der Waals surface area (Å²) in [5.41, 5.74) is 0.843. The van der Waals surface area contributed by atoms with E-state index in [9.17, 15) is 4.79 Å². The monoisotopic (exact) mass is 481 g/mol. The van der Waals surface area contributed by atoms with Crippen LogP contribution in [0, 0.1) is 21.3 Å². The van der Waals surface area contributed by atoms with Crippen molar-refractivity contribution >= 4 is 5.97 Å². The zero-order valence-corrected chi connectivity index (χ0v) is 18.6. The summed E-state index contributed by atoms with van der Waals surface area (Å²) in [5, 5.41) is 8.37. The van der Waals surface area contributed by atoms with Gasteiger partial charge in [0.15, 0.2) is 0 Å². The molecular formula is C19H37O2W-3. The minimum atomic E-state index is -0.786. The summed E-state index contributed by atoms with van der Waals surface area (Å²) in [6, 6.07) is 9.13. The van der Waals surface area contributed by atoms with Crippen LogP contribution in [0.5, 0.6) is 0 Å². The van der Waals surface area contributed by atoms with E-state index >= 15 is 0 Å². The van der Waals surface area contributed by atoms with Gasteiger partial charge in [-0.3, -0.25) is 4.79 Å². The number of hydrogen-bond donors (Lipinski definition) is 1. The molecule has 0 aliphatic carbocycles. The van der Waals surface area contributed by atoms with Gasteiger partial charge >= 0.3 is 5.97 Å². The van der Waals surface area contributed by atoms with Crippen molar-refractivity contribution < 1.29 is 31.0 Å². The fourth-order valence-corrected chi connectivity index (χ4v) is 0.770. The Hall–Kier alpha value is -0.622. The molecule has 3 heteroatoms. The topological polar surface area (TPSA) is 37.3 Å². The Balaban J connectivity index is -0.0000000460. The first kappa shape index (κ1) is 37.5. The second-order valence-corrected chi connectivity index (χ2v) is 2.76. The van der Waals surface area contributed by atoms with Gasteiger partial charge in [0.25, 0.3) is 0 Å². The van der Waals surface area contributed by atoms with Gasteiger partial charge in [-0.2, -0.15) is 0 Å². The average Bonchev–Trinajstić information content (AvgIpc) is 2.54. The van der Waals surface area contributed by atoms with Gasteiger partial charge in [0, 0.05) is 21.1 Å². The fraction of sp³-hybridized carbons (Fsp3) is 0.474. The largest absolute Gasteiger partial charge is 0.481 e. The van der Waals surface area contributed by atoms with Crippen molar-refractivity contribution in [3.63, 3.8) is 0 Å². The SMILES string of the molecule is CC.CC.CC.O=C(O)Cc1ccccc1.[CH2-]CC[CH2-].[CH3-].[W]. The van der Waals surface area contributed by atoms with E-state index in [0.717, 1.165) is 18.4 Å². The molecule has 0 aliphatic rings. The van der Waals surface area contributed by atoms with Gasteiger partial charge in [-0.25, -0.2) is 12.8 Å². The van der Waals surface area contributed by atoms with Gasteiger partial charge in [0.05, 0.1) is 6.42 Å². The Bertz CT molecular complexity index is 247. The molecule has 0 heterocycles. The second-order valence-electron chi connectivity index (χ2n) is 2.76. The average molecular weight is 481 g/mol. The minimum Gasteiger partial charge on any atom is -0.481 e. The molecule has 0 aromatic heterocycles. The maximum absolute atomic E-state index is 10.2. The molecule has 22 heavy (non-hydrogen) atoms. The molecule has 0 spiro atoms. The van der Waals surface area contributed by atoms with Crippen LogP contribution in [0.15, 0.2) is 30.3 Å². The quantitative estimate of drug-likeness (QED) is 0.517. The summed E-state index contributed by atoms with van der Waals surface area (Å²) in [4.78, 5) is 10.2. The van der Waals surface area contributed by atoms with Crippen LogP contribution in [-0.4, -0.2) is 11.1 Å². The normalized spacial score (nSPS) is 6.36. The maximum Gasteiger partial charge on any atom is 0.307 e. The molecule has 0 radical (unpaired) electrons. The molecule has 0 amide bonds. The Morgan fingerprint density at radius 3 is 1.45 bits per heavy atom. The summed E-state index contributed by atoms with van der Waals surface area (Å²) in [7, 11) is 0. The number of carbonyl (C=O) groups is 1. The van der Waals surface area contributed by atoms with E-state index in [2.05, 4.69) is 13.8 Å². The Morgan fingerprint density at radius 2 is 1.23 bits per heavy atom. The van der Waals surface area contributed by atoms with Gasteiger partial charge in [0.2, 0.25) is 0 Å². The van der Waals surface area contributed by atoms with E-state index in [1.165, 1.54) is 0 Å². The second kappa shape index (κ2) is 42.8. The molecule has 2 nitrogen and oxygen atoms in total. The summed E-state index contributed by atoms with van der Waals surface area (Å²) in [5.74, 6) is -0.786. The minimum absolute atomic E-state index is 0. The van der Waals surface area contributed by atoms with E-state index in [1.807, 2.05) is 59.7 Å². The van der Waals surface area contributed by atoms with Crippen molar-refractivity contribution in [2.24, 2.45) is 0 Å². The van der Waals surface area contributed by atoms with E-state index in [-0.39, 0.29) is 34.9 Å². The standard InChI is InChI=1S/C8H8O2.C4H8.3C2H6.CH3.W/c9-8(10)6-7-4-2-1-3-5-7;1-3-4-2;3*1-2;;/h1-5H,6H2,(H,9,10);1-4H2;3*1-2H3;1H3;/q;-2;;;;-1;. The number of carboxylic acids is 1. The van der Waals surface area contributed by atoms with E-state index < -0.39 is 5.97 Å². The number of benzene rings is 1. The van der Waals surface area contributed by atoms with Crippen molar-refractivity contribution in [3.05, 3.63) is 57.2 Å². The van der Waals surface area contributed by atoms with Crippen LogP contribution in [0.3, 0.4) is 0 Å². The summed E-state index contributed by atoms with van der Waals surface area (Å²) < 4.78 is 0. The maximum atomic E-state index is 10.2. The van der Waals surface area contributed by atoms with Crippen molar-refractivity contribution in [2.75, 3.05) is 0 Å². The molecule has 1 aromatic rings. The molecule has 0 saturated heterocycles. The number of rotatable bonds is 3. The third-order valence-corrected chi connectivity index (χ3v) is 1.45. The Labute approximate surface area is 155 Å². The summed E-state index contributed by atoms with van der Waals surface area (Å²) in [6.45, 7) is 19.1. The number of aliphatic carboxylic acids is 1. The van der Waals surface area contributed by atoms with Gasteiger partial charge in [0.1, 0.15) is 0 Å². The first-order valence-corrected chi connectivity index (χ1v) is 7.55. The zero-order chi connectivity index (χ0) is 16.8. The predicted molar refractivity (Wildman–Crippen MR) is 98.2 cm³/mol.